The summed E-state index contributed by atoms with van der Waals surface area (Å²) < 4.78 is 5.25. The first-order valence-electron chi connectivity index (χ1n) is 13.0. The van der Waals surface area contributed by atoms with E-state index in [2.05, 4.69) is 5.32 Å². The summed E-state index contributed by atoms with van der Waals surface area (Å²) in [4.78, 5) is 27.4. The average Bonchev–Trinajstić information content (AvgIpc) is 2.88. The Morgan fingerprint density at radius 1 is 1.00 bits per heavy atom. The smallest absolute Gasteiger partial charge is 0.222 e. The molecule has 0 fully saturated rings. The number of nitrogens with two attached hydrogens (primary N) is 1. The third-order valence-electron chi connectivity index (χ3n) is 6.54. The van der Waals surface area contributed by atoms with E-state index in [1.807, 2.05) is 73.3 Å². The van der Waals surface area contributed by atoms with Crippen LogP contribution in [-0.2, 0) is 22.6 Å². The third-order valence-corrected chi connectivity index (χ3v) is 6.54. The maximum absolute atomic E-state index is 12.9. The van der Waals surface area contributed by atoms with Gasteiger partial charge in [-0.15, -0.1) is 0 Å². The van der Waals surface area contributed by atoms with Crippen LogP contribution in [0.5, 0.6) is 5.75 Å². The maximum atomic E-state index is 12.9. The van der Waals surface area contributed by atoms with Gasteiger partial charge in [0, 0.05) is 44.4 Å². The second kappa shape index (κ2) is 16.0. The van der Waals surface area contributed by atoms with E-state index >= 15 is 0 Å². The van der Waals surface area contributed by atoms with Crippen LogP contribution in [0.25, 0.3) is 0 Å². The maximum Gasteiger partial charge on any atom is 0.222 e. The molecular weight excluding hydrogens is 454 g/mol. The summed E-state index contributed by atoms with van der Waals surface area (Å²) >= 11 is 0. The summed E-state index contributed by atoms with van der Waals surface area (Å²) in [5.41, 5.74) is 7.94. The highest BCUT2D eigenvalue weighted by atomic mass is 16.5. The van der Waals surface area contributed by atoms with E-state index < -0.39 is 23.8 Å². The van der Waals surface area contributed by atoms with Gasteiger partial charge in [-0.2, -0.15) is 0 Å². The summed E-state index contributed by atoms with van der Waals surface area (Å²) in [6, 6.07) is 17.5. The van der Waals surface area contributed by atoms with Crippen molar-refractivity contribution in [3.63, 3.8) is 0 Å². The number of amides is 2. The van der Waals surface area contributed by atoms with Crippen LogP contribution in [0, 0.1) is 11.8 Å². The fraction of sp³-hybridized carbons (Fsp3) is 0.517. The van der Waals surface area contributed by atoms with Crippen molar-refractivity contribution in [2.24, 2.45) is 17.6 Å². The van der Waals surface area contributed by atoms with Crippen molar-refractivity contribution >= 4 is 11.8 Å². The number of hydrogen-bond donors (Lipinski definition) is 3. The molecule has 0 aliphatic heterocycles. The highest BCUT2D eigenvalue weighted by Gasteiger charge is 2.33. The molecule has 4 N–H and O–H groups in total. The average molecular weight is 498 g/mol. The number of methoxy groups -OCH3 is 1. The number of primary amides is 1. The van der Waals surface area contributed by atoms with Gasteiger partial charge in [0.2, 0.25) is 11.8 Å². The minimum absolute atomic E-state index is 0.0323. The zero-order valence-electron chi connectivity index (χ0n) is 22.0. The topological polar surface area (TPSA) is 105 Å². The lowest BCUT2D eigenvalue weighted by molar-refractivity contribution is -0.132. The van der Waals surface area contributed by atoms with E-state index in [1.54, 1.807) is 7.11 Å². The molecule has 7 nitrogen and oxygen atoms in total. The molecule has 3 atom stereocenters. The van der Waals surface area contributed by atoms with E-state index in [1.165, 1.54) is 0 Å². The molecule has 36 heavy (non-hydrogen) atoms. The largest absolute Gasteiger partial charge is 0.497 e. The molecule has 0 aliphatic rings. The van der Waals surface area contributed by atoms with Crippen LogP contribution in [0.2, 0.25) is 0 Å². The molecule has 0 bridgehead atoms. The molecule has 0 aliphatic carbocycles. The molecule has 2 rings (SSSR count). The summed E-state index contributed by atoms with van der Waals surface area (Å²) in [7, 11) is 1.61. The number of carbonyl (C=O) groups is 2. The van der Waals surface area contributed by atoms with Crippen LogP contribution in [0.1, 0.15) is 50.7 Å². The minimum atomic E-state index is -0.814. The molecule has 0 aromatic heterocycles. The third kappa shape index (κ3) is 9.63. The van der Waals surface area contributed by atoms with E-state index in [4.69, 9.17) is 10.5 Å². The number of rotatable bonds is 17. The van der Waals surface area contributed by atoms with Crippen LogP contribution in [-0.4, -0.2) is 54.7 Å². The highest BCUT2D eigenvalue weighted by Crippen LogP contribution is 2.27. The summed E-state index contributed by atoms with van der Waals surface area (Å²) in [6.07, 6.45) is 1.97. The Morgan fingerprint density at radius 3 is 2.19 bits per heavy atom. The summed E-state index contributed by atoms with van der Waals surface area (Å²) in [6.45, 7) is 6.42. The molecule has 7 heteroatoms. The van der Waals surface area contributed by atoms with Crippen molar-refractivity contribution in [1.29, 1.82) is 0 Å². The van der Waals surface area contributed by atoms with E-state index in [0.717, 1.165) is 29.7 Å². The number of benzene rings is 2. The number of carbonyl (C=O) groups excluding carboxylic acids is 2. The molecule has 0 saturated carbocycles. The van der Waals surface area contributed by atoms with Gasteiger partial charge in [-0.25, -0.2) is 0 Å². The van der Waals surface area contributed by atoms with Crippen LogP contribution in [0.4, 0.5) is 0 Å². The normalized spacial score (nSPS) is 13.6. The number of hydrogen-bond acceptors (Lipinski definition) is 5. The fourth-order valence-electron chi connectivity index (χ4n) is 4.60. The number of nitrogens with one attached hydrogen (secondary N) is 1. The van der Waals surface area contributed by atoms with Gasteiger partial charge < -0.3 is 25.8 Å². The Balaban J connectivity index is 2.15. The lowest BCUT2D eigenvalue weighted by atomic mass is 9.79. The van der Waals surface area contributed by atoms with Crippen molar-refractivity contribution < 1.29 is 19.4 Å². The Morgan fingerprint density at radius 2 is 1.64 bits per heavy atom. The van der Waals surface area contributed by atoms with Gasteiger partial charge in [-0.3, -0.25) is 9.59 Å². The summed E-state index contributed by atoms with van der Waals surface area (Å²) in [5.74, 6) is -0.775. The van der Waals surface area contributed by atoms with Crippen molar-refractivity contribution in [2.45, 2.75) is 58.6 Å². The Kier molecular flexibility index (Phi) is 13.0. The van der Waals surface area contributed by atoms with E-state index in [9.17, 15) is 14.7 Å². The monoisotopic (exact) mass is 497 g/mol. The van der Waals surface area contributed by atoms with Gasteiger partial charge in [0.1, 0.15) is 5.75 Å². The lowest BCUT2D eigenvalue weighted by Crippen LogP contribution is -2.43. The molecule has 2 aromatic carbocycles. The molecule has 2 aromatic rings. The van der Waals surface area contributed by atoms with Crippen molar-refractivity contribution in [2.75, 3.05) is 26.7 Å². The van der Waals surface area contributed by atoms with Crippen LogP contribution in [0.15, 0.2) is 54.6 Å². The molecule has 2 amide bonds. The van der Waals surface area contributed by atoms with Crippen molar-refractivity contribution in [1.82, 2.24) is 10.2 Å². The van der Waals surface area contributed by atoms with Crippen LogP contribution in [0.3, 0.4) is 0 Å². The molecule has 0 saturated heterocycles. The Bertz CT molecular complexity index is 898. The molecule has 0 heterocycles. The number of aliphatic hydroxyl groups is 1. The molecule has 198 valence electrons. The Hall–Kier alpha value is -2.90. The predicted octanol–water partition coefficient (Wildman–Crippen LogP) is 3.53. The van der Waals surface area contributed by atoms with E-state index in [-0.39, 0.29) is 12.3 Å². The number of aliphatic hydroxyl groups excluding tert-OH is 1. The first-order valence-corrected chi connectivity index (χ1v) is 13.0. The second-order valence-electron chi connectivity index (χ2n) is 9.33. The predicted molar refractivity (Wildman–Crippen MR) is 143 cm³/mol. The quantitative estimate of drug-likeness (QED) is 0.310. The highest BCUT2D eigenvalue weighted by molar-refractivity contribution is 5.80. The fourth-order valence-corrected chi connectivity index (χ4v) is 4.60. The van der Waals surface area contributed by atoms with E-state index in [0.29, 0.717) is 39.0 Å². The van der Waals surface area contributed by atoms with Gasteiger partial charge in [0.05, 0.1) is 13.2 Å². The van der Waals surface area contributed by atoms with Gasteiger partial charge >= 0.3 is 0 Å². The zero-order chi connectivity index (χ0) is 26.3. The second-order valence-corrected chi connectivity index (χ2v) is 9.33. The van der Waals surface area contributed by atoms with Crippen molar-refractivity contribution in [3.05, 3.63) is 65.7 Å². The molecular formula is C29H43N3O4. The van der Waals surface area contributed by atoms with Gasteiger partial charge in [-0.1, -0.05) is 56.3 Å². The minimum Gasteiger partial charge on any atom is -0.497 e. The standard InChI is InChI=1S/C29H43N3O4/c1-4-17-32(18-5-2)28(34)16-15-25(29(30)35)26(19-22-11-13-24(36-3)14-12-22)27(33)21-31-20-23-9-7-6-8-10-23/h6-14,25-27,31,33H,4-5,15-21H2,1-3H3,(H2,30,35)/t25?,26-,27-/m0/s1. The lowest BCUT2D eigenvalue weighted by Gasteiger charge is -2.30. The molecule has 1 unspecified atom stereocenters. The zero-order valence-corrected chi connectivity index (χ0v) is 22.0. The van der Waals surface area contributed by atoms with Crippen LogP contribution >= 0.6 is 0 Å². The first-order chi connectivity index (χ1) is 17.4. The van der Waals surface area contributed by atoms with Crippen molar-refractivity contribution in [3.8, 4) is 5.75 Å². The Labute approximate surface area is 216 Å². The van der Waals surface area contributed by atoms with Gasteiger partial charge in [0.15, 0.2) is 0 Å². The first kappa shape index (κ1) is 29.3. The summed E-state index contributed by atoms with van der Waals surface area (Å²) in [5, 5.41) is 14.5. The van der Waals surface area contributed by atoms with Crippen LogP contribution < -0.4 is 15.8 Å². The van der Waals surface area contributed by atoms with Gasteiger partial charge in [-0.05, 0) is 48.9 Å². The SMILES string of the molecule is CCCN(CCC)C(=O)CCC(C(N)=O)[C@H](Cc1ccc(OC)cc1)[C@@H](O)CNCc1ccccc1. The molecule has 0 radical (unpaired) electrons. The van der Waals surface area contributed by atoms with Gasteiger partial charge in [0.25, 0.3) is 0 Å². The number of nitrogens with zero attached hydrogens (tertiary/aromatic N) is 1. The molecule has 0 spiro atoms. The number of ether oxygens (including phenoxy) is 1.